The molecule has 0 fully saturated rings. The Bertz CT molecular complexity index is 793. The molecule has 0 aromatic rings. The van der Waals surface area contributed by atoms with E-state index in [4.69, 9.17) is 14.2 Å². The molecule has 0 spiro atoms. The number of carboxylic acids is 1. The van der Waals surface area contributed by atoms with Gasteiger partial charge in [0.2, 0.25) is 0 Å². The predicted molar refractivity (Wildman–Crippen MR) is 190 cm³/mol. The number of nitrogens with zero attached hydrogens (tertiary/aromatic N) is 1. The number of carbonyl (C=O) groups excluding carboxylic acids is 3. The molecule has 0 aromatic heterocycles. The fraction of sp³-hybridized carbons (Fsp3) is 0.872. The van der Waals surface area contributed by atoms with Crippen LogP contribution in [0.3, 0.4) is 0 Å². The number of hydrogen-bond donors (Lipinski definition) is 0. The van der Waals surface area contributed by atoms with E-state index in [0.717, 1.165) is 51.4 Å². The van der Waals surface area contributed by atoms with Gasteiger partial charge in [-0.15, -0.1) is 0 Å². The lowest BCUT2D eigenvalue weighted by atomic mass is 10.1. The second-order valence-corrected chi connectivity index (χ2v) is 14.2. The number of carboxylic acid groups (broad SMARTS) is 1. The van der Waals surface area contributed by atoms with Gasteiger partial charge >= 0.3 is 11.9 Å². The Hall–Kier alpha value is -1.93. The second kappa shape index (κ2) is 31.3. The third kappa shape index (κ3) is 29.9. The number of ether oxygens (including phenoxy) is 3. The Balaban J connectivity index is 4.35. The summed E-state index contributed by atoms with van der Waals surface area (Å²) in [6.45, 7) is 4.60. The van der Waals surface area contributed by atoms with Crippen LogP contribution < -0.4 is 5.11 Å². The summed E-state index contributed by atoms with van der Waals surface area (Å²) in [4.78, 5) is 36.5. The molecule has 0 rings (SSSR count). The number of rotatable bonds is 34. The number of allylic oxidation sites excluding steroid dienone is 2. The van der Waals surface area contributed by atoms with E-state index in [9.17, 15) is 19.5 Å². The molecule has 0 bridgehead atoms. The van der Waals surface area contributed by atoms with Crippen LogP contribution in [0, 0.1) is 0 Å². The van der Waals surface area contributed by atoms with Gasteiger partial charge in [-0.05, 0) is 38.5 Å². The van der Waals surface area contributed by atoms with Crippen LogP contribution in [0.1, 0.15) is 168 Å². The first kappa shape index (κ1) is 45.1. The van der Waals surface area contributed by atoms with Crippen LogP contribution in [0.2, 0.25) is 0 Å². The molecule has 0 amide bonds. The summed E-state index contributed by atoms with van der Waals surface area (Å²) in [5.41, 5.74) is 0. The van der Waals surface area contributed by atoms with Crippen molar-refractivity contribution in [1.82, 2.24) is 0 Å². The van der Waals surface area contributed by atoms with Gasteiger partial charge in [0.25, 0.3) is 0 Å². The molecule has 2 atom stereocenters. The maximum Gasteiger partial charge on any atom is 0.306 e. The zero-order valence-corrected chi connectivity index (χ0v) is 31.2. The van der Waals surface area contributed by atoms with Gasteiger partial charge in [0.05, 0.1) is 40.3 Å². The first-order chi connectivity index (χ1) is 22.6. The van der Waals surface area contributed by atoms with Crippen molar-refractivity contribution in [3.8, 4) is 0 Å². The van der Waals surface area contributed by atoms with Crippen LogP contribution in [-0.2, 0) is 28.6 Å². The molecular weight excluding hydrogens is 594 g/mol. The summed E-state index contributed by atoms with van der Waals surface area (Å²) in [6.07, 6.45) is 29.6. The van der Waals surface area contributed by atoms with E-state index in [1.165, 1.54) is 83.5 Å². The third-order valence-corrected chi connectivity index (χ3v) is 8.65. The zero-order valence-electron chi connectivity index (χ0n) is 31.2. The van der Waals surface area contributed by atoms with Gasteiger partial charge in [-0.25, -0.2) is 0 Å². The van der Waals surface area contributed by atoms with Gasteiger partial charge in [-0.2, -0.15) is 0 Å². The van der Waals surface area contributed by atoms with E-state index in [2.05, 4.69) is 26.0 Å². The van der Waals surface area contributed by atoms with Gasteiger partial charge < -0.3 is 28.6 Å². The van der Waals surface area contributed by atoms with Crippen molar-refractivity contribution < 1.29 is 38.2 Å². The van der Waals surface area contributed by atoms with Crippen molar-refractivity contribution in [2.45, 2.75) is 180 Å². The summed E-state index contributed by atoms with van der Waals surface area (Å²) < 4.78 is 17.0. The molecule has 2 unspecified atom stereocenters. The highest BCUT2D eigenvalue weighted by Crippen LogP contribution is 2.13. The number of esters is 2. The summed E-state index contributed by atoms with van der Waals surface area (Å²) in [5.74, 6) is -1.75. The van der Waals surface area contributed by atoms with Gasteiger partial charge in [-0.3, -0.25) is 9.59 Å². The predicted octanol–water partition coefficient (Wildman–Crippen LogP) is 8.24. The molecule has 0 saturated heterocycles. The standard InChI is InChI=1S/C39H73NO7/c1-6-8-10-12-14-15-16-17-18-19-20-21-22-24-26-28-30-38(42)47-35(33-45-32-31-36(39(43)44)40(3,4)5)34-46-37(41)29-27-25-23-13-11-9-7-2/h18-19,35-36H,6-17,20-34H2,1-5H3/b19-18+. The highest BCUT2D eigenvalue weighted by molar-refractivity contribution is 5.70. The van der Waals surface area contributed by atoms with Crippen LogP contribution in [0.4, 0.5) is 0 Å². The Kier molecular flexibility index (Phi) is 30.1. The maximum atomic E-state index is 12.6. The first-order valence-corrected chi connectivity index (χ1v) is 19.2. The lowest BCUT2D eigenvalue weighted by Crippen LogP contribution is -2.55. The first-order valence-electron chi connectivity index (χ1n) is 19.2. The second-order valence-electron chi connectivity index (χ2n) is 14.2. The number of unbranched alkanes of at least 4 members (excludes halogenated alkanes) is 18. The van der Waals surface area contributed by atoms with Gasteiger partial charge in [0.15, 0.2) is 6.10 Å². The zero-order chi connectivity index (χ0) is 35.0. The number of hydrogen-bond acceptors (Lipinski definition) is 7. The Morgan fingerprint density at radius 2 is 1.06 bits per heavy atom. The molecule has 0 aliphatic rings. The lowest BCUT2D eigenvalue weighted by molar-refractivity contribution is -0.889. The van der Waals surface area contributed by atoms with Gasteiger partial charge in [-0.1, -0.05) is 122 Å². The highest BCUT2D eigenvalue weighted by Gasteiger charge is 2.25. The van der Waals surface area contributed by atoms with Crippen molar-refractivity contribution in [3.63, 3.8) is 0 Å². The van der Waals surface area contributed by atoms with Crippen molar-refractivity contribution >= 4 is 17.9 Å². The molecule has 0 N–H and O–H groups in total. The fourth-order valence-corrected chi connectivity index (χ4v) is 5.59. The van der Waals surface area contributed by atoms with Crippen LogP contribution in [-0.4, -0.2) is 75.5 Å². The molecule has 0 heterocycles. The minimum absolute atomic E-state index is 0.0415. The highest BCUT2D eigenvalue weighted by atomic mass is 16.6. The van der Waals surface area contributed by atoms with E-state index in [-0.39, 0.29) is 42.7 Å². The van der Waals surface area contributed by atoms with Crippen LogP contribution >= 0.6 is 0 Å². The molecule has 47 heavy (non-hydrogen) atoms. The van der Waals surface area contributed by atoms with E-state index in [1.807, 2.05) is 0 Å². The average Bonchev–Trinajstić information content (AvgIpc) is 3.01. The van der Waals surface area contributed by atoms with Gasteiger partial charge in [0, 0.05) is 19.3 Å². The quantitative estimate of drug-likeness (QED) is 0.0295. The maximum absolute atomic E-state index is 12.6. The minimum atomic E-state index is -1.13. The van der Waals surface area contributed by atoms with Crippen LogP contribution in [0.5, 0.6) is 0 Å². The Morgan fingerprint density at radius 1 is 0.617 bits per heavy atom. The molecule has 0 radical (unpaired) electrons. The molecule has 276 valence electrons. The molecule has 0 aliphatic carbocycles. The smallest absolute Gasteiger partial charge is 0.306 e. The molecular formula is C39H73NO7. The largest absolute Gasteiger partial charge is 0.544 e. The van der Waals surface area contributed by atoms with Crippen LogP contribution in [0.15, 0.2) is 12.2 Å². The lowest BCUT2D eigenvalue weighted by Gasteiger charge is -2.34. The SMILES string of the molecule is CCCCCCCCC/C=C/CCCCCCCC(=O)OC(COCCC(C(=O)[O-])[N+](C)(C)C)COC(=O)CCCCCCCCC. The summed E-state index contributed by atoms with van der Waals surface area (Å²) in [5, 5.41) is 11.5. The number of carbonyl (C=O) groups is 3. The number of aliphatic carboxylic acids is 1. The van der Waals surface area contributed by atoms with Crippen molar-refractivity contribution in [3.05, 3.63) is 12.2 Å². The number of quaternary nitrogens is 1. The molecule has 0 aromatic carbocycles. The molecule has 8 nitrogen and oxygen atoms in total. The van der Waals surface area contributed by atoms with Crippen molar-refractivity contribution in [2.24, 2.45) is 0 Å². The summed E-state index contributed by atoms with van der Waals surface area (Å²) >= 11 is 0. The monoisotopic (exact) mass is 668 g/mol. The Morgan fingerprint density at radius 3 is 1.53 bits per heavy atom. The average molecular weight is 668 g/mol. The molecule has 0 aliphatic heterocycles. The molecule has 8 heteroatoms. The number of likely N-dealkylation sites (N-methyl/N-ethyl adjacent to an activating group) is 1. The van der Waals surface area contributed by atoms with Gasteiger partial charge in [0.1, 0.15) is 12.6 Å². The summed E-state index contributed by atoms with van der Waals surface area (Å²) in [7, 11) is 5.39. The fourth-order valence-electron chi connectivity index (χ4n) is 5.59. The van der Waals surface area contributed by atoms with Crippen molar-refractivity contribution in [1.29, 1.82) is 0 Å². The van der Waals surface area contributed by atoms with E-state index < -0.39 is 18.1 Å². The van der Waals surface area contributed by atoms with Crippen molar-refractivity contribution in [2.75, 3.05) is 41.0 Å². The minimum Gasteiger partial charge on any atom is -0.544 e. The normalized spacial score (nSPS) is 13.1. The molecule has 0 saturated carbocycles. The van der Waals surface area contributed by atoms with Crippen LogP contribution in [0.25, 0.3) is 0 Å². The summed E-state index contributed by atoms with van der Waals surface area (Å²) in [6, 6.07) is -0.721. The van der Waals surface area contributed by atoms with E-state index in [1.54, 1.807) is 21.1 Å². The van der Waals surface area contributed by atoms with E-state index >= 15 is 0 Å². The Labute approximate surface area is 289 Å². The van der Waals surface area contributed by atoms with E-state index in [0.29, 0.717) is 12.8 Å². The topological polar surface area (TPSA) is 102 Å². The third-order valence-electron chi connectivity index (χ3n) is 8.65.